The van der Waals surface area contributed by atoms with Crippen LogP contribution in [0.25, 0.3) is 11.5 Å². The molecule has 0 amide bonds. The van der Waals surface area contributed by atoms with Gasteiger partial charge >= 0.3 is 6.01 Å². The summed E-state index contributed by atoms with van der Waals surface area (Å²) in [4.78, 5) is 0. The Morgan fingerprint density at radius 3 is 2.83 bits per heavy atom. The Morgan fingerprint density at radius 2 is 2.17 bits per heavy atom. The Hall–Kier alpha value is -1.62. The largest absolute Gasteiger partial charge is 0.403 e. The van der Waals surface area contributed by atoms with Crippen LogP contribution in [-0.2, 0) is 0 Å². The van der Waals surface area contributed by atoms with Crippen molar-refractivity contribution < 1.29 is 8.81 Å². The Bertz CT molecular complexity index is 522. The average molecular weight is 270 g/mol. The van der Waals surface area contributed by atoms with Crippen LogP contribution in [0, 0.1) is 11.7 Å². The Morgan fingerprint density at radius 1 is 1.39 bits per heavy atom. The molecule has 2 rings (SSSR count). The third-order valence-electron chi connectivity index (χ3n) is 2.26. The van der Waals surface area contributed by atoms with Gasteiger partial charge in [-0.1, -0.05) is 36.6 Å². The maximum Gasteiger partial charge on any atom is 0.315 e. The highest BCUT2D eigenvalue weighted by Crippen LogP contribution is 2.30. The number of halogens is 2. The van der Waals surface area contributed by atoms with Gasteiger partial charge in [0.25, 0.3) is 5.89 Å². The standard InChI is InChI=1S/C12H13ClFN3O/c1-7(2)6-15-12-17-16-11(18-12)10-8(13)4-3-5-9(10)14/h3-5,7H,6H2,1-2H3,(H,15,17). The summed E-state index contributed by atoms with van der Waals surface area (Å²) in [5, 5.41) is 10.8. The van der Waals surface area contributed by atoms with Crippen LogP contribution in [-0.4, -0.2) is 16.7 Å². The van der Waals surface area contributed by atoms with E-state index in [-0.39, 0.29) is 22.5 Å². The third kappa shape index (κ3) is 2.79. The minimum Gasteiger partial charge on any atom is -0.403 e. The van der Waals surface area contributed by atoms with E-state index in [4.69, 9.17) is 16.0 Å². The second-order valence-corrected chi connectivity index (χ2v) is 4.69. The normalized spacial score (nSPS) is 10.9. The summed E-state index contributed by atoms with van der Waals surface area (Å²) in [6, 6.07) is 4.66. The van der Waals surface area contributed by atoms with Crippen molar-refractivity contribution >= 4 is 17.6 Å². The summed E-state index contributed by atoms with van der Waals surface area (Å²) in [5.74, 6) is 0.0308. The van der Waals surface area contributed by atoms with E-state index in [1.54, 1.807) is 6.07 Å². The van der Waals surface area contributed by atoms with Crippen molar-refractivity contribution in [3.05, 3.63) is 29.0 Å². The van der Waals surface area contributed by atoms with Gasteiger partial charge in [0.1, 0.15) is 5.82 Å². The highest BCUT2D eigenvalue weighted by atomic mass is 35.5. The van der Waals surface area contributed by atoms with Crippen LogP contribution in [0.2, 0.25) is 5.02 Å². The molecule has 0 atom stereocenters. The second-order valence-electron chi connectivity index (χ2n) is 4.28. The molecule has 0 aliphatic rings. The molecular weight excluding hydrogens is 257 g/mol. The van der Waals surface area contributed by atoms with Crippen LogP contribution >= 0.6 is 11.6 Å². The van der Waals surface area contributed by atoms with E-state index < -0.39 is 5.82 Å². The van der Waals surface area contributed by atoms with Gasteiger partial charge in [-0.05, 0) is 18.1 Å². The zero-order valence-corrected chi connectivity index (χ0v) is 10.8. The fourth-order valence-corrected chi connectivity index (χ4v) is 1.63. The molecule has 1 aromatic heterocycles. The number of anilines is 1. The monoisotopic (exact) mass is 269 g/mol. The van der Waals surface area contributed by atoms with Gasteiger partial charge in [-0.3, -0.25) is 0 Å². The van der Waals surface area contributed by atoms with E-state index in [0.717, 1.165) is 0 Å². The molecule has 0 saturated heterocycles. The van der Waals surface area contributed by atoms with Crippen molar-refractivity contribution in [3.8, 4) is 11.5 Å². The van der Waals surface area contributed by atoms with Crippen molar-refractivity contribution in [3.63, 3.8) is 0 Å². The van der Waals surface area contributed by atoms with Gasteiger partial charge in [0.05, 0.1) is 10.6 Å². The van der Waals surface area contributed by atoms with Crippen molar-refractivity contribution in [2.75, 3.05) is 11.9 Å². The number of benzene rings is 1. The van der Waals surface area contributed by atoms with E-state index in [0.29, 0.717) is 12.5 Å². The van der Waals surface area contributed by atoms with E-state index in [2.05, 4.69) is 29.4 Å². The summed E-state index contributed by atoms with van der Waals surface area (Å²) >= 11 is 5.91. The first-order chi connectivity index (χ1) is 8.58. The Kier molecular flexibility index (Phi) is 3.81. The molecule has 18 heavy (non-hydrogen) atoms. The first-order valence-electron chi connectivity index (χ1n) is 5.59. The highest BCUT2D eigenvalue weighted by Gasteiger charge is 2.16. The molecule has 1 aromatic carbocycles. The van der Waals surface area contributed by atoms with Crippen LogP contribution in [0.3, 0.4) is 0 Å². The smallest absolute Gasteiger partial charge is 0.315 e. The Balaban J connectivity index is 2.24. The molecular formula is C12H13ClFN3O. The summed E-state index contributed by atoms with van der Waals surface area (Å²) in [6.45, 7) is 4.81. The molecule has 0 radical (unpaired) electrons. The molecule has 2 aromatic rings. The lowest BCUT2D eigenvalue weighted by molar-refractivity contribution is 0.560. The first-order valence-corrected chi connectivity index (χ1v) is 5.97. The van der Waals surface area contributed by atoms with E-state index in [9.17, 15) is 4.39 Å². The SMILES string of the molecule is CC(C)CNc1nnc(-c2c(F)cccc2Cl)o1. The molecule has 1 heterocycles. The van der Waals surface area contributed by atoms with Gasteiger partial charge in [0, 0.05) is 6.54 Å². The molecule has 96 valence electrons. The summed E-state index contributed by atoms with van der Waals surface area (Å²) < 4.78 is 19.0. The molecule has 0 aliphatic heterocycles. The summed E-state index contributed by atoms with van der Waals surface area (Å²) in [7, 11) is 0. The number of aromatic nitrogens is 2. The zero-order chi connectivity index (χ0) is 13.1. The van der Waals surface area contributed by atoms with Gasteiger partial charge in [0.2, 0.25) is 0 Å². The lowest BCUT2D eigenvalue weighted by atomic mass is 10.2. The minimum absolute atomic E-state index is 0.0735. The second kappa shape index (κ2) is 5.35. The molecule has 0 saturated carbocycles. The fraction of sp³-hybridized carbons (Fsp3) is 0.333. The number of hydrogen-bond acceptors (Lipinski definition) is 4. The minimum atomic E-state index is -0.485. The Labute approximate surface area is 109 Å². The van der Waals surface area contributed by atoms with Crippen LogP contribution in [0.5, 0.6) is 0 Å². The van der Waals surface area contributed by atoms with E-state index in [1.165, 1.54) is 12.1 Å². The average Bonchev–Trinajstić information content (AvgIpc) is 2.75. The van der Waals surface area contributed by atoms with Gasteiger partial charge in [-0.2, -0.15) is 0 Å². The highest BCUT2D eigenvalue weighted by molar-refractivity contribution is 6.33. The van der Waals surface area contributed by atoms with Gasteiger partial charge in [0.15, 0.2) is 0 Å². The number of rotatable bonds is 4. The van der Waals surface area contributed by atoms with E-state index >= 15 is 0 Å². The van der Waals surface area contributed by atoms with Crippen LogP contribution in [0.4, 0.5) is 10.4 Å². The molecule has 0 aliphatic carbocycles. The third-order valence-corrected chi connectivity index (χ3v) is 2.58. The van der Waals surface area contributed by atoms with E-state index in [1.807, 2.05) is 0 Å². The maximum atomic E-state index is 13.6. The molecule has 1 N–H and O–H groups in total. The molecule has 4 nitrogen and oxygen atoms in total. The summed E-state index contributed by atoms with van der Waals surface area (Å²) in [6.07, 6.45) is 0. The zero-order valence-electron chi connectivity index (χ0n) is 10.1. The fourth-order valence-electron chi connectivity index (χ4n) is 1.39. The molecule has 0 unspecified atom stereocenters. The molecule has 6 heteroatoms. The van der Waals surface area contributed by atoms with Crippen LogP contribution in [0.1, 0.15) is 13.8 Å². The topological polar surface area (TPSA) is 51.0 Å². The van der Waals surface area contributed by atoms with Crippen molar-refractivity contribution in [1.29, 1.82) is 0 Å². The van der Waals surface area contributed by atoms with Gasteiger partial charge < -0.3 is 9.73 Å². The predicted octanol–water partition coefficient (Wildman–Crippen LogP) is 3.60. The number of nitrogens with one attached hydrogen (secondary N) is 1. The van der Waals surface area contributed by atoms with Crippen molar-refractivity contribution in [1.82, 2.24) is 10.2 Å². The summed E-state index contributed by atoms with van der Waals surface area (Å²) in [5.41, 5.74) is 0.129. The predicted molar refractivity (Wildman–Crippen MR) is 68.0 cm³/mol. The van der Waals surface area contributed by atoms with Crippen molar-refractivity contribution in [2.45, 2.75) is 13.8 Å². The molecule has 0 fully saturated rings. The van der Waals surface area contributed by atoms with Crippen molar-refractivity contribution in [2.24, 2.45) is 5.92 Å². The van der Waals surface area contributed by atoms with Gasteiger partial charge in [-0.25, -0.2) is 4.39 Å². The quantitative estimate of drug-likeness (QED) is 0.921. The molecule has 0 bridgehead atoms. The lowest BCUT2D eigenvalue weighted by Gasteiger charge is -2.03. The molecule has 0 spiro atoms. The number of nitrogens with zero attached hydrogens (tertiary/aromatic N) is 2. The van der Waals surface area contributed by atoms with Crippen LogP contribution in [0.15, 0.2) is 22.6 Å². The first kappa shape index (κ1) is 12.8. The number of hydrogen-bond donors (Lipinski definition) is 1. The lowest BCUT2D eigenvalue weighted by Crippen LogP contribution is -2.07. The maximum absolute atomic E-state index is 13.6. The van der Waals surface area contributed by atoms with Crippen LogP contribution < -0.4 is 5.32 Å². The van der Waals surface area contributed by atoms with Gasteiger partial charge in [-0.15, -0.1) is 5.10 Å².